The maximum atomic E-state index is 13.4. The Morgan fingerprint density at radius 2 is 2.08 bits per heavy atom. The topological polar surface area (TPSA) is 9.23 Å². The van der Waals surface area contributed by atoms with Gasteiger partial charge < -0.3 is 4.74 Å². The fraction of sp³-hybridized carbons (Fsp3) is 1.00. The second-order valence-electron chi connectivity index (χ2n) is 3.61. The lowest BCUT2D eigenvalue weighted by Crippen LogP contribution is -2.24. The molecule has 0 amide bonds. The van der Waals surface area contributed by atoms with Crippen LogP contribution in [0.4, 0.5) is 4.39 Å². The number of alkyl halides is 1. The predicted octanol–water partition coefficient (Wildman–Crippen LogP) is 2.94. The number of hydrogen-bond acceptors (Lipinski definition) is 1. The molecule has 1 unspecified atom stereocenters. The number of ether oxygens (including phenoxy) is 1. The molecule has 2 heteroatoms. The van der Waals surface area contributed by atoms with E-state index in [9.17, 15) is 4.39 Å². The quantitative estimate of drug-likeness (QED) is 0.636. The van der Waals surface area contributed by atoms with Gasteiger partial charge in [-0.05, 0) is 25.2 Å². The van der Waals surface area contributed by atoms with E-state index in [-0.39, 0.29) is 5.92 Å². The molecular weight excluding hydrogens is 155 g/mol. The van der Waals surface area contributed by atoms with Gasteiger partial charge in [-0.2, -0.15) is 0 Å². The van der Waals surface area contributed by atoms with Crippen LogP contribution < -0.4 is 0 Å². The lowest BCUT2D eigenvalue weighted by atomic mass is 9.92. The summed E-state index contributed by atoms with van der Waals surface area (Å²) in [6, 6.07) is 0. The van der Waals surface area contributed by atoms with Crippen molar-refractivity contribution in [2.75, 3.05) is 13.2 Å². The molecule has 72 valence electrons. The molecule has 0 N–H and O–H groups in total. The van der Waals surface area contributed by atoms with Crippen LogP contribution in [0.3, 0.4) is 0 Å². The maximum Gasteiger partial charge on any atom is 0.103 e. The highest BCUT2D eigenvalue weighted by molar-refractivity contribution is 4.71. The van der Waals surface area contributed by atoms with E-state index in [4.69, 9.17) is 4.74 Å². The summed E-state index contributed by atoms with van der Waals surface area (Å²) in [6.07, 6.45) is 4.15. The van der Waals surface area contributed by atoms with Gasteiger partial charge in [-0.1, -0.05) is 19.8 Å². The molecule has 12 heavy (non-hydrogen) atoms. The van der Waals surface area contributed by atoms with Gasteiger partial charge in [0.05, 0.1) is 0 Å². The van der Waals surface area contributed by atoms with E-state index in [0.29, 0.717) is 0 Å². The van der Waals surface area contributed by atoms with Gasteiger partial charge in [-0.15, -0.1) is 0 Å². The first kappa shape index (κ1) is 9.97. The lowest BCUT2D eigenvalue weighted by molar-refractivity contribution is 0.0344. The minimum absolute atomic E-state index is 0.283. The van der Waals surface area contributed by atoms with Gasteiger partial charge >= 0.3 is 0 Å². The molecule has 1 atom stereocenters. The van der Waals surface area contributed by atoms with Crippen LogP contribution in [0.15, 0.2) is 0 Å². The minimum atomic E-state index is -0.575. The first-order chi connectivity index (χ1) is 5.84. The summed E-state index contributed by atoms with van der Waals surface area (Å²) in [5, 5.41) is 0. The minimum Gasteiger partial charge on any atom is -0.381 e. The van der Waals surface area contributed by atoms with Crippen LogP contribution in [0.5, 0.6) is 0 Å². The van der Waals surface area contributed by atoms with Crippen molar-refractivity contribution in [1.29, 1.82) is 0 Å². The van der Waals surface area contributed by atoms with Crippen LogP contribution in [0.1, 0.15) is 39.0 Å². The summed E-state index contributed by atoms with van der Waals surface area (Å²) < 4.78 is 18.6. The molecule has 1 rings (SSSR count). The van der Waals surface area contributed by atoms with Gasteiger partial charge in [0.1, 0.15) is 6.17 Å². The molecule has 0 aromatic carbocycles. The van der Waals surface area contributed by atoms with E-state index in [1.54, 1.807) is 0 Å². The van der Waals surface area contributed by atoms with Crippen molar-refractivity contribution in [2.45, 2.75) is 45.2 Å². The maximum absolute atomic E-state index is 13.4. The van der Waals surface area contributed by atoms with E-state index in [1.165, 1.54) is 0 Å². The number of rotatable bonds is 4. The molecule has 0 aromatic heterocycles. The van der Waals surface area contributed by atoms with Crippen molar-refractivity contribution in [3.63, 3.8) is 0 Å². The molecule has 1 aliphatic rings. The number of hydrogen-bond donors (Lipinski definition) is 0. The van der Waals surface area contributed by atoms with Gasteiger partial charge in [0.15, 0.2) is 0 Å². The van der Waals surface area contributed by atoms with Crippen LogP contribution in [0, 0.1) is 5.92 Å². The summed E-state index contributed by atoms with van der Waals surface area (Å²) in [4.78, 5) is 0. The fourth-order valence-corrected chi connectivity index (χ4v) is 1.71. The Morgan fingerprint density at radius 1 is 1.42 bits per heavy atom. The van der Waals surface area contributed by atoms with Crippen molar-refractivity contribution in [2.24, 2.45) is 5.92 Å². The van der Waals surface area contributed by atoms with E-state index < -0.39 is 6.17 Å². The highest BCUT2D eigenvalue weighted by atomic mass is 19.1. The van der Waals surface area contributed by atoms with Crippen LogP contribution >= 0.6 is 0 Å². The third kappa shape index (κ3) is 3.10. The van der Waals surface area contributed by atoms with E-state index in [2.05, 4.69) is 6.92 Å². The molecule has 1 fully saturated rings. The van der Waals surface area contributed by atoms with E-state index >= 15 is 0 Å². The zero-order valence-corrected chi connectivity index (χ0v) is 7.89. The Labute approximate surface area is 74.3 Å². The van der Waals surface area contributed by atoms with Gasteiger partial charge in [-0.25, -0.2) is 4.39 Å². The molecule has 1 heterocycles. The molecular formula is C10H19FO. The average molecular weight is 174 g/mol. The monoisotopic (exact) mass is 174 g/mol. The standard InChI is InChI=1S/C10H19FO/c1-2-3-4-10(11)9-5-7-12-8-6-9/h9-10H,2-8H2,1H3. The Hall–Kier alpha value is -0.110. The van der Waals surface area contributed by atoms with Crippen molar-refractivity contribution >= 4 is 0 Å². The summed E-state index contributed by atoms with van der Waals surface area (Å²) in [6.45, 7) is 3.63. The zero-order valence-electron chi connectivity index (χ0n) is 7.89. The second kappa shape index (κ2) is 5.52. The van der Waals surface area contributed by atoms with Crippen LogP contribution in [-0.4, -0.2) is 19.4 Å². The number of unbranched alkanes of at least 4 members (excludes halogenated alkanes) is 1. The summed E-state index contributed by atoms with van der Waals surface area (Å²) >= 11 is 0. The molecule has 0 saturated carbocycles. The number of halogens is 1. The Kier molecular flexibility index (Phi) is 4.59. The second-order valence-corrected chi connectivity index (χ2v) is 3.61. The average Bonchev–Trinajstić information content (AvgIpc) is 2.15. The first-order valence-electron chi connectivity index (χ1n) is 5.06. The molecule has 0 bridgehead atoms. The third-order valence-electron chi connectivity index (χ3n) is 2.61. The van der Waals surface area contributed by atoms with Gasteiger partial charge in [-0.3, -0.25) is 0 Å². The Bertz CT molecular complexity index is 110. The normalized spacial score (nSPS) is 22.5. The van der Waals surface area contributed by atoms with Crippen LogP contribution in [-0.2, 0) is 4.74 Å². The zero-order chi connectivity index (χ0) is 8.81. The molecule has 0 aromatic rings. The smallest absolute Gasteiger partial charge is 0.103 e. The molecule has 0 aliphatic carbocycles. The van der Waals surface area contributed by atoms with Crippen LogP contribution in [0.2, 0.25) is 0 Å². The summed E-state index contributed by atoms with van der Waals surface area (Å²) in [5.74, 6) is 0.283. The Balaban J connectivity index is 2.15. The molecule has 0 spiro atoms. The van der Waals surface area contributed by atoms with Crippen molar-refractivity contribution in [3.05, 3.63) is 0 Å². The van der Waals surface area contributed by atoms with Crippen molar-refractivity contribution < 1.29 is 9.13 Å². The first-order valence-corrected chi connectivity index (χ1v) is 5.06. The van der Waals surface area contributed by atoms with Gasteiger partial charge in [0, 0.05) is 13.2 Å². The van der Waals surface area contributed by atoms with Gasteiger partial charge in [0.2, 0.25) is 0 Å². The van der Waals surface area contributed by atoms with Gasteiger partial charge in [0.25, 0.3) is 0 Å². The van der Waals surface area contributed by atoms with Crippen LogP contribution in [0.25, 0.3) is 0 Å². The summed E-state index contributed by atoms with van der Waals surface area (Å²) in [7, 11) is 0. The fourth-order valence-electron chi connectivity index (χ4n) is 1.71. The van der Waals surface area contributed by atoms with E-state index in [1.807, 2.05) is 0 Å². The molecule has 1 saturated heterocycles. The predicted molar refractivity (Wildman–Crippen MR) is 48.0 cm³/mol. The highest BCUT2D eigenvalue weighted by Gasteiger charge is 2.22. The molecule has 0 radical (unpaired) electrons. The SMILES string of the molecule is CCCCC(F)C1CCOCC1. The van der Waals surface area contributed by atoms with E-state index in [0.717, 1.165) is 45.3 Å². The molecule has 1 aliphatic heterocycles. The summed E-state index contributed by atoms with van der Waals surface area (Å²) in [5.41, 5.74) is 0. The Morgan fingerprint density at radius 3 is 2.67 bits per heavy atom. The third-order valence-corrected chi connectivity index (χ3v) is 2.61. The lowest BCUT2D eigenvalue weighted by Gasteiger charge is -2.25. The van der Waals surface area contributed by atoms with Crippen molar-refractivity contribution in [1.82, 2.24) is 0 Å². The highest BCUT2D eigenvalue weighted by Crippen LogP contribution is 2.24. The largest absolute Gasteiger partial charge is 0.381 e. The van der Waals surface area contributed by atoms with Crippen molar-refractivity contribution in [3.8, 4) is 0 Å². The molecule has 1 nitrogen and oxygen atoms in total.